The van der Waals surface area contributed by atoms with E-state index in [0.29, 0.717) is 30.5 Å². The molecule has 4 rings (SSSR count). The maximum atomic E-state index is 12.1. The molecule has 4 aromatic rings. The first-order valence-corrected chi connectivity index (χ1v) is 10.2. The number of nitrogens with zero attached hydrogens (tertiary/aromatic N) is 5. The molecule has 0 aromatic carbocycles. The number of hydrogen-bond donors (Lipinski definition) is 2. The minimum Gasteiger partial charge on any atom is -0.356 e. The highest BCUT2D eigenvalue weighted by Crippen LogP contribution is 2.35. The van der Waals surface area contributed by atoms with Gasteiger partial charge in [0.1, 0.15) is 5.69 Å². The molecule has 0 saturated carbocycles. The molecule has 0 aliphatic heterocycles. The molecular formula is C20H21N7O2S. The lowest BCUT2D eigenvalue weighted by molar-refractivity contribution is 0.0946. The van der Waals surface area contributed by atoms with Gasteiger partial charge in [-0.25, -0.2) is 9.97 Å². The highest BCUT2D eigenvalue weighted by Gasteiger charge is 2.16. The number of aromatic nitrogens is 5. The van der Waals surface area contributed by atoms with E-state index in [0.717, 1.165) is 21.8 Å². The van der Waals surface area contributed by atoms with Crippen molar-refractivity contribution >= 4 is 23.2 Å². The van der Waals surface area contributed by atoms with Crippen LogP contribution < -0.4 is 10.6 Å². The standard InChI is InChI=1S/C20H21N7O2S/c1-12-10-16(29-26-12)14-11-23-20(25-18(14)17-5-4-13(2)30-17)22-9-8-21-19(28)15-6-7-24-27(15)3/h4-7,10-11H,8-9H2,1-3H3,(H,21,28)(H,22,23,25). The van der Waals surface area contributed by atoms with Crippen LogP contribution in [0.25, 0.3) is 21.9 Å². The van der Waals surface area contributed by atoms with Gasteiger partial charge in [0.25, 0.3) is 5.91 Å². The monoisotopic (exact) mass is 423 g/mol. The SMILES string of the molecule is Cc1cc(-c2cnc(NCCNC(=O)c3ccnn3C)nc2-c2ccc(C)s2)on1. The smallest absolute Gasteiger partial charge is 0.269 e. The molecular weight excluding hydrogens is 402 g/mol. The van der Waals surface area contributed by atoms with Gasteiger partial charge in [-0.3, -0.25) is 9.48 Å². The molecule has 0 saturated heterocycles. The molecule has 30 heavy (non-hydrogen) atoms. The Balaban J connectivity index is 1.47. The molecule has 1 amide bonds. The van der Waals surface area contributed by atoms with Crippen LogP contribution in [0, 0.1) is 13.8 Å². The number of rotatable bonds is 7. The molecule has 0 unspecified atom stereocenters. The Hall–Kier alpha value is -3.53. The van der Waals surface area contributed by atoms with Gasteiger partial charge in [0.15, 0.2) is 5.76 Å². The van der Waals surface area contributed by atoms with Crippen molar-refractivity contribution in [2.75, 3.05) is 18.4 Å². The quantitative estimate of drug-likeness (QED) is 0.440. The van der Waals surface area contributed by atoms with Crippen molar-refractivity contribution in [2.45, 2.75) is 13.8 Å². The molecule has 4 aromatic heterocycles. The normalized spacial score (nSPS) is 10.9. The van der Waals surface area contributed by atoms with E-state index in [4.69, 9.17) is 9.51 Å². The molecule has 0 fully saturated rings. The summed E-state index contributed by atoms with van der Waals surface area (Å²) in [6.45, 7) is 4.83. The second kappa shape index (κ2) is 8.46. The van der Waals surface area contributed by atoms with Crippen LogP contribution in [-0.2, 0) is 7.05 Å². The second-order valence-electron chi connectivity index (χ2n) is 6.72. The summed E-state index contributed by atoms with van der Waals surface area (Å²) in [4.78, 5) is 23.4. The summed E-state index contributed by atoms with van der Waals surface area (Å²) in [5, 5.41) is 14.0. The summed E-state index contributed by atoms with van der Waals surface area (Å²) >= 11 is 1.65. The van der Waals surface area contributed by atoms with Gasteiger partial charge < -0.3 is 15.2 Å². The van der Waals surface area contributed by atoms with Gasteiger partial charge in [-0.1, -0.05) is 5.16 Å². The van der Waals surface area contributed by atoms with Gasteiger partial charge in [-0.15, -0.1) is 11.3 Å². The molecule has 0 radical (unpaired) electrons. The topological polar surface area (TPSA) is 111 Å². The number of amides is 1. The van der Waals surface area contributed by atoms with Crippen LogP contribution in [-0.4, -0.2) is 43.9 Å². The maximum Gasteiger partial charge on any atom is 0.269 e. The van der Waals surface area contributed by atoms with Gasteiger partial charge in [-0.2, -0.15) is 5.10 Å². The maximum absolute atomic E-state index is 12.1. The molecule has 0 aliphatic rings. The van der Waals surface area contributed by atoms with Crippen molar-refractivity contribution in [3.8, 4) is 21.9 Å². The van der Waals surface area contributed by atoms with Crippen LogP contribution >= 0.6 is 11.3 Å². The fourth-order valence-electron chi connectivity index (χ4n) is 2.93. The third kappa shape index (κ3) is 4.23. The fourth-order valence-corrected chi connectivity index (χ4v) is 3.80. The molecule has 2 N–H and O–H groups in total. The fraction of sp³-hybridized carbons (Fsp3) is 0.250. The Morgan fingerprint density at radius 1 is 1.23 bits per heavy atom. The van der Waals surface area contributed by atoms with Crippen molar-refractivity contribution in [3.63, 3.8) is 0 Å². The number of aryl methyl sites for hydroxylation is 3. The lowest BCUT2D eigenvalue weighted by Crippen LogP contribution is -2.30. The predicted molar refractivity (Wildman–Crippen MR) is 114 cm³/mol. The average molecular weight is 424 g/mol. The molecule has 10 heteroatoms. The minimum absolute atomic E-state index is 0.177. The van der Waals surface area contributed by atoms with Crippen molar-refractivity contribution in [2.24, 2.45) is 7.05 Å². The van der Waals surface area contributed by atoms with Gasteiger partial charge in [-0.05, 0) is 32.0 Å². The summed E-state index contributed by atoms with van der Waals surface area (Å²) in [5.74, 6) is 0.929. The molecule has 9 nitrogen and oxygen atoms in total. The summed E-state index contributed by atoms with van der Waals surface area (Å²) < 4.78 is 6.96. The minimum atomic E-state index is -0.177. The number of carbonyl (C=O) groups excluding carboxylic acids is 1. The summed E-state index contributed by atoms with van der Waals surface area (Å²) in [6.07, 6.45) is 3.32. The third-order valence-electron chi connectivity index (χ3n) is 4.40. The van der Waals surface area contributed by atoms with Crippen molar-refractivity contribution in [3.05, 3.63) is 52.9 Å². The first-order chi connectivity index (χ1) is 14.5. The van der Waals surface area contributed by atoms with Crippen LogP contribution in [0.2, 0.25) is 0 Å². The van der Waals surface area contributed by atoms with Crippen LogP contribution in [0.3, 0.4) is 0 Å². The third-order valence-corrected chi connectivity index (χ3v) is 5.41. The number of anilines is 1. The second-order valence-corrected chi connectivity index (χ2v) is 8.01. The molecule has 0 atom stereocenters. The highest BCUT2D eigenvalue weighted by molar-refractivity contribution is 7.15. The molecule has 154 valence electrons. The van der Waals surface area contributed by atoms with Crippen molar-refractivity contribution in [1.82, 2.24) is 30.2 Å². The Labute approximate surface area is 177 Å². The van der Waals surface area contributed by atoms with E-state index >= 15 is 0 Å². The first kappa shape index (κ1) is 19.8. The van der Waals surface area contributed by atoms with Crippen LogP contribution in [0.4, 0.5) is 5.95 Å². The summed E-state index contributed by atoms with van der Waals surface area (Å²) in [7, 11) is 1.73. The van der Waals surface area contributed by atoms with Gasteiger partial charge in [0.2, 0.25) is 5.95 Å². The van der Waals surface area contributed by atoms with Crippen LogP contribution in [0.15, 0.2) is 41.2 Å². The van der Waals surface area contributed by atoms with E-state index in [1.807, 2.05) is 19.1 Å². The zero-order valence-electron chi connectivity index (χ0n) is 16.8. The zero-order chi connectivity index (χ0) is 21.1. The Morgan fingerprint density at radius 3 is 2.77 bits per heavy atom. The average Bonchev–Trinajstić information content (AvgIpc) is 3.46. The number of carbonyl (C=O) groups is 1. The highest BCUT2D eigenvalue weighted by atomic mass is 32.1. The van der Waals surface area contributed by atoms with E-state index < -0.39 is 0 Å². The van der Waals surface area contributed by atoms with E-state index in [1.165, 1.54) is 9.56 Å². The van der Waals surface area contributed by atoms with E-state index in [1.54, 1.807) is 36.8 Å². The largest absolute Gasteiger partial charge is 0.356 e. The lowest BCUT2D eigenvalue weighted by Gasteiger charge is -2.10. The van der Waals surface area contributed by atoms with Gasteiger partial charge >= 0.3 is 0 Å². The Bertz CT molecular complexity index is 1180. The number of hydrogen-bond acceptors (Lipinski definition) is 8. The zero-order valence-corrected chi connectivity index (χ0v) is 17.7. The van der Waals surface area contributed by atoms with Gasteiger partial charge in [0, 0.05) is 43.5 Å². The van der Waals surface area contributed by atoms with E-state index in [-0.39, 0.29) is 5.91 Å². The predicted octanol–water partition coefficient (Wildman–Crippen LogP) is 3.05. The Kier molecular flexibility index (Phi) is 5.57. The summed E-state index contributed by atoms with van der Waals surface area (Å²) in [5.41, 5.74) is 2.87. The Morgan fingerprint density at radius 2 is 2.10 bits per heavy atom. The first-order valence-electron chi connectivity index (χ1n) is 9.39. The van der Waals surface area contributed by atoms with Gasteiger partial charge in [0.05, 0.1) is 21.8 Å². The summed E-state index contributed by atoms with van der Waals surface area (Å²) in [6, 6.07) is 7.63. The van der Waals surface area contributed by atoms with E-state index in [2.05, 4.69) is 38.9 Å². The molecule has 0 spiro atoms. The lowest BCUT2D eigenvalue weighted by atomic mass is 10.1. The van der Waals surface area contributed by atoms with E-state index in [9.17, 15) is 4.79 Å². The van der Waals surface area contributed by atoms with Crippen LogP contribution in [0.5, 0.6) is 0 Å². The molecule has 4 heterocycles. The number of nitrogens with one attached hydrogen (secondary N) is 2. The number of thiophene rings is 1. The molecule has 0 bridgehead atoms. The molecule has 0 aliphatic carbocycles. The van der Waals surface area contributed by atoms with Crippen LogP contribution in [0.1, 0.15) is 21.1 Å². The van der Waals surface area contributed by atoms with Crippen molar-refractivity contribution in [1.29, 1.82) is 0 Å². The van der Waals surface area contributed by atoms with Crippen molar-refractivity contribution < 1.29 is 9.32 Å².